The Kier molecular flexibility index (Phi) is 1.96. The fourth-order valence-corrected chi connectivity index (χ4v) is 3.46. The molecule has 1 spiro atoms. The zero-order valence-electron chi connectivity index (χ0n) is 9.35. The second-order valence-electron chi connectivity index (χ2n) is 4.98. The molecule has 1 saturated carbocycles. The lowest BCUT2D eigenvalue weighted by Crippen LogP contribution is -2.10. The highest BCUT2D eigenvalue weighted by Gasteiger charge is 2.58. The molecule has 1 N–H and O–H groups in total. The molecule has 2 aliphatic rings. The fourth-order valence-electron chi connectivity index (χ4n) is 2.81. The number of aromatic nitrogens is 2. The van der Waals surface area contributed by atoms with E-state index in [4.69, 9.17) is 4.52 Å². The third-order valence-electron chi connectivity index (χ3n) is 3.95. The maximum Gasteiger partial charge on any atom is 0.230 e. The van der Waals surface area contributed by atoms with Crippen LogP contribution in [0.15, 0.2) is 22.0 Å². The Bertz CT molecular complexity index is 528. The molecule has 0 amide bonds. The Labute approximate surface area is 103 Å². The average Bonchev–Trinajstić information content (AvgIpc) is 2.85. The van der Waals surface area contributed by atoms with Crippen molar-refractivity contribution in [3.63, 3.8) is 0 Å². The van der Waals surface area contributed by atoms with Crippen LogP contribution in [0.1, 0.15) is 24.7 Å². The second-order valence-corrected chi connectivity index (χ2v) is 5.93. The molecule has 2 aromatic heterocycles. The maximum absolute atomic E-state index is 5.42. The van der Waals surface area contributed by atoms with Crippen molar-refractivity contribution in [3.05, 3.63) is 23.4 Å². The van der Waals surface area contributed by atoms with Crippen molar-refractivity contribution in [1.29, 1.82) is 0 Å². The quantitative estimate of drug-likeness (QED) is 0.884. The maximum atomic E-state index is 5.42. The first-order valence-electron chi connectivity index (χ1n) is 5.96. The molecule has 0 radical (unpaired) electrons. The summed E-state index contributed by atoms with van der Waals surface area (Å²) in [7, 11) is 0. The molecule has 0 bridgehead atoms. The zero-order valence-corrected chi connectivity index (χ0v) is 10.2. The van der Waals surface area contributed by atoms with Gasteiger partial charge in [-0.1, -0.05) is 11.2 Å². The average molecular weight is 247 g/mol. The van der Waals surface area contributed by atoms with E-state index in [1.807, 2.05) is 17.5 Å². The van der Waals surface area contributed by atoms with E-state index < -0.39 is 0 Å². The molecule has 2 unspecified atom stereocenters. The lowest BCUT2D eigenvalue weighted by Gasteiger charge is -2.02. The number of nitrogens with one attached hydrogen (secondary N) is 1. The lowest BCUT2D eigenvalue weighted by atomic mass is 10.0. The second kappa shape index (κ2) is 3.40. The van der Waals surface area contributed by atoms with E-state index in [-0.39, 0.29) is 0 Å². The van der Waals surface area contributed by atoms with Crippen LogP contribution in [0.5, 0.6) is 0 Å². The highest BCUT2D eigenvalue weighted by atomic mass is 32.1. The minimum atomic E-state index is 0.430. The Hall–Kier alpha value is -1.20. The topological polar surface area (TPSA) is 51.0 Å². The van der Waals surface area contributed by atoms with Crippen molar-refractivity contribution in [1.82, 2.24) is 15.5 Å². The molecule has 2 fully saturated rings. The zero-order chi connectivity index (χ0) is 11.3. The van der Waals surface area contributed by atoms with Gasteiger partial charge in [0, 0.05) is 12.5 Å². The van der Waals surface area contributed by atoms with Crippen LogP contribution in [0.3, 0.4) is 0 Å². The number of nitrogens with zero attached hydrogens (tertiary/aromatic N) is 2. The van der Waals surface area contributed by atoms with Gasteiger partial charge >= 0.3 is 0 Å². The van der Waals surface area contributed by atoms with E-state index in [9.17, 15) is 0 Å². The van der Waals surface area contributed by atoms with Crippen molar-refractivity contribution in [2.45, 2.75) is 18.8 Å². The summed E-state index contributed by atoms with van der Waals surface area (Å²) in [5, 5.41) is 9.53. The van der Waals surface area contributed by atoms with Gasteiger partial charge in [-0.05, 0) is 36.2 Å². The lowest BCUT2D eigenvalue weighted by molar-refractivity contribution is 0.364. The van der Waals surface area contributed by atoms with Crippen molar-refractivity contribution >= 4 is 11.3 Å². The Morgan fingerprint density at radius 2 is 2.53 bits per heavy atom. The van der Waals surface area contributed by atoms with Crippen LogP contribution in [0, 0.1) is 5.41 Å². The van der Waals surface area contributed by atoms with Gasteiger partial charge in [0.15, 0.2) is 0 Å². The standard InChI is InChI=1S/C12H13N3OS/c1-2-9(17-5-1)10-14-11(16-15-10)8-6-12(8)3-4-13-7-12/h1-2,5,8,13H,3-4,6-7H2. The number of rotatable bonds is 2. The summed E-state index contributed by atoms with van der Waals surface area (Å²) >= 11 is 1.65. The Morgan fingerprint density at radius 1 is 1.53 bits per heavy atom. The van der Waals surface area contributed by atoms with Crippen LogP contribution in [-0.4, -0.2) is 23.2 Å². The van der Waals surface area contributed by atoms with E-state index in [1.165, 1.54) is 12.8 Å². The van der Waals surface area contributed by atoms with Gasteiger partial charge < -0.3 is 9.84 Å². The van der Waals surface area contributed by atoms with Crippen molar-refractivity contribution < 1.29 is 4.52 Å². The summed E-state index contributed by atoms with van der Waals surface area (Å²) in [6, 6.07) is 4.04. The molecule has 1 aliphatic heterocycles. The SMILES string of the molecule is c1csc(-c2noc(C3CC34CCNC4)n2)c1. The van der Waals surface area contributed by atoms with Gasteiger partial charge in [0.1, 0.15) is 0 Å². The molecule has 88 valence electrons. The monoisotopic (exact) mass is 247 g/mol. The third-order valence-corrected chi connectivity index (χ3v) is 4.81. The first-order valence-corrected chi connectivity index (χ1v) is 6.84. The highest BCUT2D eigenvalue weighted by molar-refractivity contribution is 7.13. The summed E-state index contributed by atoms with van der Waals surface area (Å²) < 4.78 is 5.42. The van der Waals surface area contributed by atoms with E-state index in [0.29, 0.717) is 11.3 Å². The van der Waals surface area contributed by atoms with Crippen LogP contribution in [0.2, 0.25) is 0 Å². The Balaban J connectivity index is 1.60. The molecule has 2 atom stereocenters. The van der Waals surface area contributed by atoms with E-state index in [1.54, 1.807) is 11.3 Å². The molecule has 4 rings (SSSR count). The smallest absolute Gasteiger partial charge is 0.230 e. The van der Waals surface area contributed by atoms with Crippen LogP contribution in [-0.2, 0) is 0 Å². The third kappa shape index (κ3) is 1.46. The van der Waals surface area contributed by atoms with Gasteiger partial charge in [0.2, 0.25) is 11.7 Å². The van der Waals surface area contributed by atoms with Crippen LogP contribution in [0.4, 0.5) is 0 Å². The highest BCUT2D eigenvalue weighted by Crippen LogP contribution is 2.62. The molecule has 0 aromatic carbocycles. The van der Waals surface area contributed by atoms with Gasteiger partial charge in [-0.25, -0.2) is 0 Å². The van der Waals surface area contributed by atoms with E-state index >= 15 is 0 Å². The number of hydrogen-bond donors (Lipinski definition) is 1. The molecule has 3 heterocycles. The summed E-state index contributed by atoms with van der Waals surface area (Å²) in [5.74, 6) is 2.05. The molecule has 1 aliphatic carbocycles. The summed E-state index contributed by atoms with van der Waals surface area (Å²) in [6.07, 6.45) is 2.44. The van der Waals surface area contributed by atoms with Gasteiger partial charge in [0.05, 0.1) is 4.88 Å². The predicted molar refractivity (Wildman–Crippen MR) is 64.9 cm³/mol. The summed E-state index contributed by atoms with van der Waals surface area (Å²) in [4.78, 5) is 5.62. The molecule has 5 heteroatoms. The molecule has 1 saturated heterocycles. The summed E-state index contributed by atoms with van der Waals surface area (Å²) in [6.45, 7) is 2.23. The minimum absolute atomic E-state index is 0.430. The fraction of sp³-hybridized carbons (Fsp3) is 0.500. The van der Waals surface area contributed by atoms with E-state index in [2.05, 4.69) is 15.5 Å². The van der Waals surface area contributed by atoms with Gasteiger partial charge in [-0.15, -0.1) is 11.3 Å². The molecule has 2 aromatic rings. The number of hydrogen-bond acceptors (Lipinski definition) is 5. The van der Waals surface area contributed by atoms with E-state index in [0.717, 1.165) is 29.7 Å². The first kappa shape index (κ1) is 9.79. The van der Waals surface area contributed by atoms with Crippen LogP contribution < -0.4 is 5.32 Å². The molecular formula is C12H13N3OS. The summed E-state index contributed by atoms with van der Waals surface area (Å²) in [5.41, 5.74) is 0.430. The first-order chi connectivity index (χ1) is 8.37. The molecule has 17 heavy (non-hydrogen) atoms. The van der Waals surface area contributed by atoms with Gasteiger partial charge in [-0.2, -0.15) is 4.98 Å². The molecular weight excluding hydrogens is 234 g/mol. The number of thiophene rings is 1. The molecule has 4 nitrogen and oxygen atoms in total. The largest absolute Gasteiger partial charge is 0.339 e. The van der Waals surface area contributed by atoms with Gasteiger partial charge in [-0.3, -0.25) is 0 Å². The van der Waals surface area contributed by atoms with Crippen LogP contribution in [0.25, 0.3) is 10.7 Å². The van der Waals surface area contributed by atoms with Crippen LogP contribution >= 0.6 is 11.3 Å². The predicted octanol–water partition coefficient (Wildman–Crippen LogP) is 2.27. The van der Waals surface area contributed by atoms with Crippen molar-refractivity contribution in [3.8, 4) is 10.7 Å². The minimum Gasteiger partial charge on any atom is -0.339 e. The normalized spacial score (nSPS) is 31.2. The van der Waals surface area contributed by atoms with Crippen molar-refractivity contribution in [2.75, 3.05) is 13.1 Å². The van der Waals surface area contributed by atoms with Gasteiger partial charge in [0.25, 0.3) is 0 Å². The van der Waals surface area contributed by atoms with Crippen molar-refractivity contribution in [2.24, 2.45) is 5.41 Å². The Morgan fingerprint density at radius 3 is 3.29 bits per heavy atom.